The number of hydrogen-bond donors (Lipinski definition) is 2. The van der Waals surface area contributed by atoms with Crippen molar-refractivity contribution in [3.63, 3.8) is 0 Å². The Morgan fingerprint density at radius 2 is 2.43 bits per heavy atom. The minimum absolute atomic E-state index is 0.268. The molecule has 14 heavy (non-hydrogen) atoms. The molecule has 1 heterocycles. The van der Waals surface area contributed by atoms with Crippen molar-refractivity contribution in [1.82, 2.24) is 15.4 Å². The summed E-state index contributed by atoms with van der Waals surface area (Å²) in [7, 11) is 3.14. The van der Waals surface area contributed by atoms with Gasteiger partial charge in [0.2, 0.25) is 0 Å². The molecular formula is C7H10BrN5O. The Balaban J connectivity index is 3.15. The number of rotatable bonds is 2. The van der Waals surface area contributed by atoms with Gasteiger partial charge in [0.15, 0.2) is 11.5 Å². The van der Waals surface area contributed by atoms with Gasteiger partial charge in [0.25, 0.3) is 5.90 Å². The molecule has 0 aliphatic rings. The number of methoxy groups -OCH3 is 1. The summed E-state index contributed by atoms with van der Waals surface area (Å²) < 4.78 is 5.57. The van der Waals surface area contributed by atoms with Gasteiger partial charge < -0.3 is 15.9 Å². The van der Waals surface area contributed by atoms with Gasteiger partial charge in [-0.25, -0.2) is 9.97 Å². The zero-order chi connectivity index (χ0) is 10.6. The highest BCUT2D eigenvalue weighted by Crippen LogP contribution is 2.11. The number of ether oxygens (including phenoxy) is 1. The lowest BCUT2D eigenvalue weighted by Crippen LogP contribution is -2.14. The molecule has 0 fully saturated rings. The van der Waals surface area contributed by atoms with E-state index < -0.39 is 0 Å². The van der Waals surface area contributed by atoms with Crippen LogP contribution in [0.15, 0.2) is 15.9 Å². The van der Waals surface area contributed by atoms with Gasteiger partial charge in [-0.3, -0.25) is 0 Å². The van der Waals surface area contributed by atoms with E-state index in [-0.39, 0.29) is 5.82 Å². The van der Waals surface area contributed by atoms with Crippen molar-refractivity contribution in [1.29, 1.82) is 0 Å². The lowest BCUT2D eigenvalue weighted by Gasteiger charge is -2.05. The van der Waals surface area contributed by atoms with E-state index in [1.165, 1.54) is 13.3 Å². The monoisotopic (exact) mass is 259 g/mol. The molecule has 0 spiro atoms. The van der Waals surface area contributed by atoms with Gasteiger partial charge in [-0.05, 0) is 15.9 Å². The number of anilines is 1. The number of hydrazone groups is 1. The third kappa shape index (κ3) is 2.32. The second-order valence-corrected chi connectivity index (χ2v) is 3.08. The smallest absolute Gasteiger partial charge is 0.260 e. The molecule has 3 N–H and O–H groups in total. The number of halogens is 1. The lowest BCUT2D eigenvalue weighted by atomic mass is 10.4. The topological polar surface area (TPSA) is 85.4 Å². The van der Waals surface area contributed by atoms with Crippen LogP contribution in [-0.4, -0.2) is 30.0 Å². The first kappa shape index (κ1) is 10.7. The molecule has 0 saturated heterocycles. The predicted octanol–water partition coefficient (Wildman–Crippen LogP) is 0.349. The van der Waals surface area contributed by atoms with Crippen molar-refractivity contribution in [3.8, 4) is 0 Å². The number of aromatic nitrogens is 2. The second-order valence-electron chi connectivity index (χ2n) is 2.27. The highest BCUT2D eigenvalue weighted by atomic mass is 79.9. The molecule has 0 aliphatic heterocycles. The van der Waals surface area contributed by atoms with Crippen LogP contribution >= 0.6 is 15.9 Å². The van der Waals surface area contributed by atoms with Crippen molar-refractivity contribution in [2.45, 2.75) is 0 Å². The van der Waals surface area contributed by atoms with Crippen molar-refractivity contribution >= 4 is 27.6 Å². The molecule has 7 heteroatoms. The van der Waals surface area contributed by atoms with Crippen molar-refractivity contribution in [2.24, 2.45) is 5.10 Å². The predicted molar refractivity (Wildman–Crippen MR) is 56.8 cm³/mol. The Kier molecular flexibility index (Phi) is 3.63. The zero-order valence-corrected chi connectivity index (χ0v) is 9.37. The van der Waals surface area contributed by atoms with Crippen molar-refractivity contribution < 1.29 is 4.74 Å². The minimum Gasteiger partial charge on any atom is -0.478 e. The normalized spacial score (nSPS) is 11.2. The Bertz CT molecular complexity index is 354. The van der Waals surface area contributed by atoms with E-state index in [1.54, 1.807) is 7.05 Å². The Labute approximate surface area is 89.7 Å². The fraction of sp³-hybridized carbons (Fsp3) is 0.286. The van der Waals surface area contributed by atoms with Crippen LogP contribution in [0.1, 0.15) is 5.69 Å². The molecule has 0 aliphatic carbocycles. The number of hydrogen-bond acceptors (Lipinski definition) is 6. The van der Waals surface area contributed by atoms with Crippen LogP contribution in [-0.2, 0) is 4.74 Å². The molecule has 0 amide bonds. The lowest BCUT2D eigenvalue weighted by molar-refractivity contribution is 0.398. The van der Waals surface area contributed by atoms with Crippen LogP contribution in [0.4, 0.5) is 5.82 Å². The number of nitrogen functional groups attached to an aromatic ring is 1. The van der Waals surface area contributed by atoms with E-state index in [9.17, 15) is 0 Å². The summed E-state index contributed by atoms with van der Waals surface area (Å²) in [6.45, 7) is 0. The van der Waals surface area contributed by atoms with Crippen LogP contribution in [0.5, 0.6) is 0 Å². The maximum atomic E-state index is 5.61. The summed E-state index contributed by atoms with van der Waals surface area (Å²) in [4.78, 5) is 8.01. The number of nitrogens with one attached hydrogen (secondary N) is 1. The highest BCUT2D eigenvalue weighted by molar-refractivity contribution is 9.10. The fourth-order valence-corrected chi connectivity index (χ4v) is 1.11. The van der Waals surface area contributed by atoms with E-state index >= 15 is 0 Å². The van der Waals surface area contributed by atoms with Crippen LogP contribution in [0, 0.1) is 0 Å². The zero-order valence-electron chi connectivity index (χ0n) is 7.78. The van der Waals surface area contributed by atoms with Gasteiger partial charge in [-0.2, -0.15) is 0 Å². The number of nitrogens with two attached hydrogens (primary N) is 1. The Hall–Kier alpha value is -1.37. The van der Waals surface area contributed by atoms with E-state index in [4.69, 9.17) is 10.5 Å². The summed E-state index contributed by atoms with van der Waals surface area (Å²) in [6.07, 6.45) is 1.51. The first-order valence-electron chi connectivity index (χ1n) is 3.75. The Morgan fingerprint density at radius 3 is 3.00 bits per heavy atom. The third-order valence-corrected chi connectivity index (χ3v) is 1.76. The summed E-state index contributed by atoms with van der Waals surface area (Å²) in [5.41, 5.74) is 8.60. The van der Waals surface area contributed by atoms with Crippen LogP contribution < -0.4 is 11.2 Å². The largest absolute Gasteiger partial charge is 0.478 e. The van der Waals surface area contributed by atoms with Crippen LogP contribution in [0.2, 0.25) is 0 Å². The highest BCUT2D eigenvalue weighted by Gasteiger charge is 2.11. The summed E-state index contributed by atoms with van der Waals surface area (Å²) in [5.74, 6) is 0.558. The SMILES string of the molecule is CN/N=C(\OC)c1nc(Br)cnc1N. The van der Waals surface area contributed by atoms with Gasteiger partial charge in [0.1, 0.15) is 4.60 Å². The average molecular weight is 260 g/mol. The molecule has 0 atom stereocenters. The third-order valence-electron chi connectivity index (χ3n) is 1.38. The standard InChI is InChI=1S/C7H10BrN5O/c1-10-13-7(14-2)5-6(9)11-3-4(8)12-5/h3,10H,1-2H3,(H2,9,11)/b13-7-. The first-order valence-corrected chi connectivity index (χ1v) is 4.55. The van der Waals surface area contributed by atoms with Crippen molar-refractivity contribution in [3.05, 3.63) is 16.5 Å². The van der Waals surface area contributed by atoms with Gasteiger partial charge in [0.05, 0.1) is 13.3 Å². The molecule has 0 unspecified atom stereocenters. The Morgan fingerprint density at radius 1 is 1.71 bits per heavy atom. The molecule has 0 radical (unpaired) electrons. The van der Waals surface area contributed by atoms with Gasteiger partial charge in [-0.15, -0.1) is 5.10 Å². The number of nitrogens with zero attached hydrogens (tertiary/aromatic N) is 3. The van der Waals surface area contributed by atoms with E-state index in [1.807, 2.05) is 0 Å². The van der Waals surface area contributed by atoms with Gasteiger partial charge >= 0.3 is 0 Å². The molecule has 1 rings (SSSR count). The van der Waals surface area contributed by atoms with Gasteiger partial charge in [-0.1, -0.05) is 0 Å². The molecule has 1 aromatic rings. The van der Waals surface area contributed by atoms with Gasteiger partial charge in [0, 0.05) is 7.05 Å². The fourth-order valence-electron chi connectivity index (χ4n) is 0.831. The average Bonchev–Trinajstić information content (AvgIpc) is 2.18. The summed E-state index contributed by atoms with van der Waals surface area (Å²) in [5, 5.41) is 3.86. The molecule has 6 nitrogen and oxygen atoms in total. The van der Waals surface area contributed by atoms with Crippen molar-refractivity contribution in [2.75, 3.05) is 19.9 Å². The molecule has 1 aromatic heterocycles. The molecule has 0 saturated carbocycles. The first-order chi connectivity index (χ1) is 6.69. The maximum Gasteiger partial charge on any atom is 0.260 e. The molecule has 0 bridgehead atoms. The maximum absolute atomic E-state index is 5.61. The van der Waals surface area contributed by atoms with Crippen LogP contribution in [0.3, 0.4) is 0 Å². The van der Waals surface area contributed by atoms with E-state index in [0.717, 1.165) is 0 Å². The summed E-state index contributed by atoms with van der Waals surface area (Å²) >= 11 is 3.18. The van der Waals surface area contributed by atoms with Crippen LogP contribution in [0.25, 0.3) is 0 Å². The minimum atomic E-state index is 0.268. The quantitative estimate of drug-likeness (QED) is 0.455. The molecular weight excluding hydrogens is 250 g/mol. The van der Waals surface area contributed by atoms with E-state index in [2.05, 4.69) is 36.4 Å². The second kappa shape index (κ2) is 4.75. The van der Waals surface area contributed by atoms with E-state index in [0.29, 0.717) is 16.2 Å². The molecule has 76 valence electrons. The summed E-state index contributed by atoms with van der Waals surface area (Å²) in [6, 6.07) is 0. The molecule has 0 aromatic carbocycles.